The molecule has 0 bridgehead atoms. The number of imidazole rings is 1. The summed E-state index contributed by atoms with van der Waals surface area (Å²) in [4.78, 5) is 25.3. The molecule has 0 fully saturated rings. The van der Waals surface area contributed by atoms with Crippen LogP contribution in [-0.4, -0.2) is 27.8 Å². The minimum absolute atomic E-state index is 0.0486. The molecular weight excluding hydrogens is 442 g/mol. The second-order valence-electron chi connectivity index (χ2n) is 6.93. The van der Waals surface area contributed by atoms with E-state index in [1.807, 2.05) is 0 Å². The second-order valence-corrected chi connectivity index (χ2v) is 9.20. The summed E-state index contributed by atoms with van der Waals surface area (Å²) < 4.78 is 35.9. The van der Waals surface area contributed by atoms with Gasteiger partial charge in [-0.3, -0.25) is 13.9 Å². The van der Waals surface area contributed by atoms with Crippen LogP contribution in [0.15, 0.2) is 75.0 Å². The monoisotopic (exact) mass is 459 g/mol. The smallest absolute Gasteiger partial charge is 0.328 e. The molecule has 0 spiro atoms. The Labute approximate surface area is 182 Å². The molecule has 0 N–H and O–H groups in total. The highest BCUT2D eigenvalue weighted by atomic mass is 35.5. The van der Waals surface area contributed by atoms with Crippen molar-refractivity contribution in [2.24, 2.45) is 14.1 Å². The SMILES string of the molecule is Cn1c(=O)n(C)c2cc(S(=O)(=O)N(Cc3ccco3)C(=O)c3ccccc3Cl)ccc21. The number of benzene rings is 2. The molecule has 0 aliphatic rings. The van der Waals surface area contributed by atoms with Crippen molar-refractivity contribution in [2.45, 2.75) is 11.4 Å². The van der Waals surface area contributed by atoms with Crippen LogP contribution in [0.4, 0.5) is 0 Å². The van der Waals surface area contributed by atoms with Crippen LogP contribution >= 0.6 is 11.6 Å². The number of carbonyl (C=O) groups excluding carboxylic acids is 1. The van der Waals surface area contributed by atoms with E-state index in [2.05, 4.69) is 0 Å². The molecular formula is C21H18ClN3O5S. The van der Waals surface area contributed by atoms with Crippen molar-refractivity contribution in [3.05, 3.63) is 87.7 Å². The van der Waals surface area contributed by atoms with Gasteiger partial charge in [0.05, 0.1) is 39.3 Å². The average molecular weight is 460 g/mol. The Morgan fingerprint density at radius 1 is 1.03 bits per heavy atom. The Morgan fingerprint density at radius 3 is 2.42 bits per heavy atom. The highest BCUT2D eigenvalue weighted by Crippen LogP contribution is 2.26. The summed E-state index contributed by atoms with van der Waals surface area (Å²) in [7, 11) is -1.16. The summed E-state index contributed by atoms with van der Waals surface area (Å²) in [6.45, 7) is -0.314. The van der Waals surface area contributed by atoms with Gasteiger partial charge < -0.3 is 4.42 Å². The van der Waals surface area contributed by atoms with E-state index >= 15 is 0 Å². The summed E-state index contributed by atoms with van der Waals surface area (Å²) in [5.41, 5.74) is 0.759. The van der Waals surface area contributed by atoms with Gasteiger partial charge in [-0.2, -0.15) is 0 Å². The first-order valence-electron chi connectivity index (χ1n) is 9.21. The Hall–Kier alpha value is -3.30. The van der Waals surface area contributed by atoms with Gasteiger partial charge in [-0.1, -0.05) is 23.7 Å². The van der Waals surface area contributed by atoms with Crippen molar-refractivity contribution in [3.8, 4) is 0 Å². The van der Waals surface area contributed by atoms with E-state index in [4.69, 9.17) is 16.0 Å². The number of halogens is 1. The summed E-state index contributed by atoms with van der Waals surface area (Å²) in [5.74, 6) is -0.499. The number of nitrogens with zero attached hydrogens (tertiary/aromatic N) is 3. The fourth-order valence-electron chi connectivity index (χ4n) is 3.35. The summed E-state index contributed by atoms with van der Waals surface area (Å²) >= 11 is 6.15. The minimum Gasteiger partial charge on any atom is -0.467 e. The number of carbonyl (C=O) groups is 1. The molecule has 10 heteroatoms. The van der Waals surface area contributed by atoms with Crippen LogP contribution in [0, 0.1) is 0 Å². The summed E-state index contributed by atoms with van der Waals surface area (Å²) in [6, 6.07) is 13.7. The first-order valence-corrected chi connectivity index (χ1v) is 11.0. The third kappa shape index (κ3) is 3.55. The average Bonchev–Trinajstić information content (AvgIpc) is 3.35. The van der Waals surface area contributed by atoms with Crippen LogP contribution in [0.3, 0.4) is 0 Å². The maximum Gasteiger partial charge on any atom is 0.328 e. The molecule has 0 saturated carbocycles. The number of aryl methyl sites for hydroxylation is 2. The number of hydrogen-bond acceptors (Lipinski definition) is 5. The van der Waals surface area contributed by atoms with Gasteiger partial charge in [-0.15, -0.1) is 0 Å². The molecule has 2 aromatic heterocycles. The maximum absolute atomic E-state index is 13.6. The van der Waals surface area contributed by atoms with E-state index < -0.39 is 15.9 Å². The molecule has 0 aliphatic heterocycles. The Bertz CT molecular complexity index is 1450. The Balaban J connectivity index is 1.86. The van der Waals surface area contributed by atoms with Gasteiger partial charge in [-0.05, 0) is 42.5 Å². The molecule has 0 saturated heterocycles. The molecule has 31 heavy (non-hydrogen) atoms. The lowest BCUT2D eigenvalue weighted by molar-refractivity contribution is 0.0848. The van der Waals surface area contributed by atoms with Crippen molar-refractivity contribution in [1.82, 2.24) is 13.4 Å². The molecule has 2 aromatic carbocycles. The highest BCUT2D eigenvalue weighted by Gasteiger charge is 2.32. The van der Waals surface area contributed by atoms with Crippen molar-refractivity contribution >= 4 is 38.6 Å². The molecule has 160 valence electrons. The number of amides is 1. The Kier molecular flexibility index (Phi) is 5.24. The fraction of sp³-hybridized carbons (Fsp3) is 0.143. The third-order valence-electron chi connectivity index (χ3n) is 5.04. The summed E-state index contributed by atoms with van der Waals surface area (Å²) in [6.07, 6.45) is 1.39. The lowest BCUT2D eigenvalue weighted by Gasteiger charge is -2.22. The number of sulfonamides is 1. The molecule has 1 amide bonds. The van der Waals surface area contributed by atoms with E-state index in [0.29, 0.717) is 11.0 Å². The van der Waals surface area contributed by atoms with E-state index in [9.17, 15) is 18.0 Å². The molecule has 0 atom stereocenters. The normalized spacial score (nSPS) is 11.7. The van der Waals surface area contributed by atoms with Gasteiger partial charge in [0.15, 0.2) is 0 Å². The van der Waals surface area contributed by atoms with Crippen LogP contribution < -0.4 is 5.69 Å². The van der Waals surface area contributed by atoms with Crippen molar-refractivity contribution < 1.29 is 17.6 Å². The second kappa shape index (κ2) is 7.75. The third-order valence-corrected chi connectivity index (χ3v) is 7.10. The van der Waals surface area contributed by atoms with Gasteiger partial charge in [0.2, 0.25) is 0 Å². The van der Waals surface area contributed by atoms with Crippen LogP contribution in [0.5, 0.6) is 0 Å². The molecule has 4 rings (SSSR count). The van der Waals surface area contributed by atoms with Gasteiger partial charge in [0.25, 0.3) is 15.9 Å². The van der Waals surface area contributed by atoms with Crippen LogP contribution in [0.1, 0.15) is 16.1 Å². The van der Waals surface area contributed by atoms with Crippen molar-refractivity contribution in [2.75, 3.05) is 0 Å². The van der Waals surface area contributed by atoms with Crippen LogP contribution in [-0.2, 0) is 30.7 Å². The molecule has 4 aromatic rings. The van der Waals surface area contributed by atoms with E-state index in [1.165, 1.54) is 45.7 Å². The van der Waals surface area contributed by atoms with E-state index in [-0.39, 0.29) is 33.5 Å². The van der Waals surface area contributed by atoms with Crippen molar-refractivity contribution in [3.63, 3.8) is 0 Å². The topological polar surface area (TPSA) is 94.5 Å². The first-order chi connectivity index (χ1) is 14.7. The predicted octanol–water partition coefficient (Wildman–Crippen LogP) is 3.15. The number of fused-ring (bicyclic) bond motifs is 1. The molecule has 0 aliphatic carbocycles. The molecule has 0 radical (unpaired) electrons. The molecule has 8 nitrogen and oxygen atoms in total. The van der Waals surface area contributed by atoms with Gasteiger partial charge in [0, 0.05) is 14.1 Å². The van der Waals surface area contributed by atoms with Crippen molar-refractivity contribution in [1.29, 1.82) is 0 Å². The number of hydrogen-bond donors (Lipinski definition) is 0. The van der Waals surface area contributed by atoms with E-state index in [0.717, 1.165) is 4.31 Å². The zero-order valence-corrected chi connectivity index (χ0v) is 18.2. The van der Waals surface area contributed by atoms with Crippen LogP contribution in [0.25, 0.3) is 11.0 Å². The number of rotatable bonds is 5. The van der Waals surface area contributed by atoms with Gasteiger partial charge >= 0.3 is 5.69 Å². The predicted molar refractivity (Wildman–Crippen MR) is 115 cm³/mol. The van der Waals surface area contributed by atoms with E-state index in [1.54, 1.807) is 38.4 Å². The maximum atomic E-state index is 13.6. The van der Waals surface area contributed by atoms with Gasteiger partial charge in [-0.25, -0.2) is 17.5 Å². The zero-order chi connectivity index (χ0) is 22.3. The first kappa shape index (κ1) is 21.0. The lowest BCUT2D eigenvalue weighted by atomic mass is 10.2. The molecule has 2 heterocycles. The standard InChI is InChI=1S/C21H18ClN3O5S/c1-23-18-10-9-15(12-19(18)24(2)21(23)27)31(28,29)25(13-14-6-5-11-30-14)20(26)16-7-3-4-8-17(16)22/h3-12H,13H2,1-2H3. The van der Waals surface area contributed by atoms with Gasteiger partial charge in [0.1, 0.15) is 5.76 Å². The Morgan fingerprint density at radius 2 is 1.74 bits per heavy atom. The quantitative estimate of drug-likeness (QED) is 0.457. The number of furan rings is 1. The van der Waals surface area contributed by atoms with Crippen LogP contribution in [0.2, 0.25) is 5.02 Å². The summed E-state index contributed by atoms with van der Waals surface area (Å²) in [5, 5.41) is 0.132. The largest absolute Gasteiger partial charge is 0.467 e. The lowest BCUT2D eigenvalue weighted by Crippen LogP contribution is -2.36. The fourth-order valence-corrected chi connectivity index (χ4v) is 4.94. The zero-order valence-electron chi connectivity index (χ0n) is 16.6. The highest BCUT2D eigenvalue weighted by molar-refractivity contribution is 7.89. The number of aromatic nitrogens is 2. The molecule has 0 unspecified atom stereocenters. The minimum atomic E-state index is -4.31.